The molecule has 0 unspecified atom stereocenters. The maximum atomic E-state index is 12.8. The van der Waals surface area contributed by atoms with Gasteiger partial charge < -0.3 is 4.74 Å². The van der Waals surface area contributed by atoms with E-state index in [1.807, 2.05) is 48.5 Å². The number of benzene rings is 3. The van der Waals surface area contributed by atoms with Crippen LogP contribution in [0.1, 0.15) is 14.5 Å². The van der Waals surface area contributed by atoms with Crippen molar-refractivity contribution in [2.24, 2.45) is 0 Å². The van der Waals surface area contributed by atoms with Gasteiger partial charge in [0.05, 0.1) is 0 Å². The number of carbonyl (C=O) groups excluding carboxylic acids is 1. The standard InChI is InChI=1S/C24H17F3O2S2/c25-24(26,27)22-16-15-21(30-22)23(28)29-17-11-13-20(14-12-17)31(18-7-3-1-4-8-18)19-9-5-2-6-10-19/h1-16,31H. The highest BCUT2D eigenvalue weighted by Crippen LogP contribution is 2.51. The molecule has 7 heteroatoms. The minimum Gasteiger partial charge on any atom is -0.422 e. The molecule has 0 amide bonds. The van der Waals surface area contributed by atoms with Gasteiger partial charge in [0.1, 0.15) is 15.5 Å². The summed E-state index contributed by atoms with van der Waals surface area (Å²) in [6.45, 7) is 0. The van der Waals surface area contributed by atoms with E-state index in [-0.39, 0.29) is 10.6 Å². The van der Waals surface area contributed by atoms with Gasteiger partial charge in [-0.05, 0) is 75.4 Å². The minimum absolute atomic E-state index is 0.0905. The van der Waals surface area contributed by atoms with Gasteiger partial charge in [0.2, 0.25) is 0 Å². The van der Waals surface area contributed by atoms with Gasteiger partial charge in [-0.15, -0.1) is 11.3 Å². The number of carbonyl (C=O) groups is 1. The fourth-order valence-electron chi connectivity index (χ4n) is 3.02. The summed E-state index contributed by atoms with van der Waals surface area (Å²) in [6, 6.07) is 29.4. The summed E-state index contributed by atoms with van der Waals surface area (Å²) in [4.78, 5) is 14.8. The minimum atomic E-state index is -4.48. The molecule has 0 spiro atoms. The van der Waals surface area contributed by atoms with Crippen LogP contribution in [0.15, 0.2) is 112 Å². The number of esters is 1. The third-order valence-electron chi connectivity index (χ3n) is 4.42. The molecule has 2 nitrogen and oxygen atoms in total. The summed E-state index contributed by atoms with van der Waals surface area (Å²) in [5.41, 5.74) is 0. The molecule has 0 N–H and O–H groups in total. The SMILES string of the molecule is O=C(Oc1ccc([SH](c2ccccc2)c2ccccc2)cc1)c1ccc(C(F)(F)F)s1. The first kappa shape index (κ1) is 21.2. The molecule has 0 fully saturated rings. The summed E-state index contributed by atoms with van der Waals surface area (Å²) in [5.74, 6) is -0.520. The second-order valence-corrected chi connectivity index (χ2v) is 9.86. The molecule has 1 heterocycles. The van der Waals surface area contributed by atoms with E-state index in [2.05, 4.69) is 24.3 Å². The molecule has 3 aromatic carbocycles. The van der Waals surface area contributed by atoms with Crippen LogP contribution in [0.25, 0.3) is 0 Å². The van der Waals surface area contributed by atoms with Crippen molar-refractivity contribution >= 4 is 28.2 Å². The topological polar surface area (TPSA) is 26.3 Å². The zero-order valence-electron chi connectivity index (χ0n) is 16.0. The van der Waals surface area contributed by atoms with Gasteiger partial charge in [0.15, 0.2) is 0 Å². The van der Waals surface area contributed by atoms with Crippen LogP contribution in [0, 0.1) is 0 Å². The maximum Gasteiger partial charge on any atom is 0.425 e. The molecule has 0 saturated heterocycles. The monoisotopic (exact) mass is 458 g/mol. The van der Waals surface area contributed by atoms with E-state index in [4.69, 9.17) is 4.74 Å². The first-order valence-electron chi connectivity index (χ1n) is 9.31. The average molecular weight is 459 g/mol. The number of hydrogen-bond acceptors (Lipinski definition) is 3. The predicted molar refractivity (Wildman–Crippen MR) is 117 cm³/mol. The Labute approximate surface area is 184 Å². The van der Waals surface area contributed by atoms with Gasteiger partial charge in [0.25, 0.3) is 0 Å². The molecule has 0 bridgehead atoms. The van der Waals surface area contributed by atoms with Crippen molar-refractivity contribution in [3.8, 4) is 5.75 Å². The van der Waals surface area contributed by atoms with Crippen LogP contribution in [0.4, 0.5) is 13.2 Å². The fourth-order valence-corrected chi connectivity index (χ4v) is 6.05. The second-order valence-electron chi connectivity index (χ2n) is 6.55. The summed E-state index contributed by atoms with van der Waals surface area (Å²) in [7, 11) is -0.796. The first-order valence-corrected chi connectivity index (χ1v) is 11.5. The Morgan fingerprint density at radius 2 is 1.23 bits per heavy atom. The lowest BCUT2D eigenvalue weighted by molar-refractivity contribution is -0.134. The van der Waals surface area contributed by atoms with Crippen molar-refractivity contribution in [3.63, 3.8) is 0 Å². The molecule has 158 valence electrons. The number of thiol groups is 1. The summed E-state index contributed by atoms with van der Waals surface area (Å²) >= 11 is 0.373. The van der Waals surface area contributed by atoms with Gasteiger partial charge in [0, 0.05) is 0 Å². The lowest BCUT2D eigenvalue weighted by Gasteiger charge is -2.23. The van der Waals surface area contributed by atoms with E-state index in [0.717, 1.165) is 17.0 Å². The zero-order chi connectivity index (χ0) is 21.8. The molecule has 0 radical (unpaired) electrons. The molecule has 0 aliphatic rings. The Morgan fingerprint density at radius 3 is 1.71 bits per heavy atom. The maximum absolute atomic E-state index is 12.8. The summed E-state index contributed by atoms with van der Waals surface area (Å²) in [6.07, 6.45) is -4.48. The van der Waals surface area contributed by atoms with E-state index in [9.17, 15) is 18.0 Å². The fraction of sp³-hybridized carbons (Fsp3) is 0.0417. The lowest BCUT2D eigenvalue weighted by atomic mass is 10.3. The molecule has 0 aliphatic carbocycles. The van der Waals surface area contributed by atoms with Crippen molar-refractivity contribution < 1.29 is 22.7 Å². The third-order valence-corrected chi connectivity index (χ3v) is 7.97. The van der Waals surface area contributed by atoms with Crippen LogP contribution >= 0.6 is 22.2 Å². The van der Waals surface area contributed by atoms with E-state index >= 15 is 0 Å². The second kappa shape index (κ2) is 8.99. The van der Waals surface area contributed by atoms with E-state index in [1.165, 1.54) is 9.79 Å². The van der Waals surface area contributed by atoms with Crippen molar-refractivity contribution in [2.75, 3.05) is 0 Å². The Kier molecular flexibility index (Phi) is 6.15. The Hall–Kier alpha value is -3.03. The normalized spacial score (nSPS) is 11.8. The molecule has 0 aliphatic heterocycles. The summed E-state index contributed by atoms with van der Waals surface area (Å²) in [5, 5.41) is 0. The van der Waals surface area contributed by atoms with Crippen LogP contribution in [-0.2, 0) is 6.18 Å². The van der Waals surface area contributed by atoms with Crippen LogP contribution in [-0.4, -0.2) is 5.97 Å². The van der Waals surface area contributed by atoms with Crippen molar-refractivity contribution in [1.29, 1.82) is 0 Å². The number of rotatable bonds is 5. The molecule has 0 saturated carbocycles. The average Bonchev–Trinajstić information content (AvgIpc) is 3.28. The largest absolute Gasteiger partial charge is 0.425 e. The quantitative estimate of drug-likeness (QED) is 0.191. The lowest BCUT2D eigenvalue weighted by Crippen LogP contribution is -2.06. The Bertz CT molecular complexity index is 1120. The number of thiophene rings is 1. The van der Waals surface area contributed by atoms with E-state index in [1.54, 1.807) is 12.1 Å². The summed E-state index contributed by atoms with van der Waals surface area (Å²) < 4.78 is 43.5. The molecule has 4 aromatic rings. The highest BCUT2D eigenvalue weighted by Gasteiger charge is 2.33. The Balaban J connectivity index is 1.56. The Morgan fingerprint density at radius 1 is 0.710 bits per heavy atom. The molecular weight excluding hydrogens is 441 g/mol. The highest BCUT2D eigenvalue weighted by molar-refractivity contribution is 8.17. The van der Waals surface area contributed by atoms with Gasteiger partial charge in [-0.25, -0.2) is 4.79 Å². The molecule has 0 atom stereocenters. The predicted octanol–water partition coefficient (Wildman–Crippen LogP) is 7.46. The molecule has 1 aromatic heterocycles. The number of ether oxygens (including phenoxy) is 1. The highest BCUT2D eigenvalue weighted by atomic mass is 32.2. The van der Waals surface area contributed by atoms with Crippen LogP contribution in [0.5, 0.6) is 5.75 Å². The van der Waals surface area contributed by atoms with E-state index < -0.39 is 27.9 Å². The van der Waals surface area contributed by atoms with Crippen molar-refractivity contribution in [1.82, 2.24) is 0 Å². The van der Waals surface area contributed by atoms with Gasteiger partial charge in [-0.2, -0.15) is 24.1 Å². The van der Waals surface area contributed by atoms with Crippen LogP contribution in [0.3, 0.4) is 0 Å². The number of alkyl halides is 3. The third kappa shape index (κ3) is 5.00. The van der Waals surface area contributed by atoms with Crippen molar-refractivity contribution in [2.45, 2.75) is 20.9 Å². The van der Waals surface area contributed by atoms with Gasteiger partial charge >= 0.3 is 12.1 Å². The molecule has 31 heavy (non-hydrogen) atoms. The van der Waals surface area contributed by atoms with Crippen LogP contribution < -0.4 is 4.74 Å². The van der Waals surface area contributed by atoms with Crippen LogP contribution in [0.2, 0.25) is 0 Å². The van der Waals surface area contributed by atoms with Crippen molar-refractivity contribution in [3.05, 3.63) is 107 Å². The smallest absolute Gasteiger partial charge is 0.422 e. The zero-order valence-corrected chi connectivity index (χ0v) is 17.8. The number of hydrogen-bond donors (Lipinski definition) is 1. The van der Waals surface area contributed by atoms with Gasteiger partial charge in [-0.1, -0.05) is 36.4 Å². The molecular formula is C24H17F3O2S2. The van der Waals surface area contributed by atoms with Gasteiger partial charge in [-0.3, -0.25) is 0 Å². The van der Waals surface area contributed by atoms with E-state index in [0.29, 0.717) is 11.3 Å². The first-order chi connectivity index (χ1) is 14.9. The number of halogens is 3. The molecule has 4 rings (SSSR count).